The third-order valence-electron chi connectivity index (χ3n) is 3.68. The number of nitrogens with one attached hydrogen (secondary N) is 2. The molecule has 1 unspecified atom stereocenters. The molecule has 0 spiro atoms. The van der Waals surface area contributed by atoms with Crippen LogP contribution < -0.4 is 5.32 Å². The summed E-state index contributed by atoms with van der Waals surface area (Å²) in [6, 6.07) is 0.00924. The van der Waals surface area contributed by atoms with Gasteiger partial charge in [0.15, 0.2) is 0 Å². The lowest BCUT2D eigenvalue weighted by Gasteiger charge is -2.36. The summed E-state index contributed by atoms with van der Waals surface area (Å²) in [6.45, 7) is 4.67. The topological polar surface area (TPSA) is 70.2 Å². The highest BCUT2D eigenvalue weighted by Crippen LogP contribution is 2.16. The van der Waals surface area contributed by atoms with Crippen LogP contribution >= 0.6 is 0 Å². The molecule has 0 aliphatic carbocycles. The molecule has 0 bridgehead atoms. The van der Waals surface area contributed by atoms with Gasteiger partial charge in [-0.1, -0.05) is 0 Å². The van der Waals surface area contributed by atoms with Crippen molar-refractivity contribution in [1.82, 2.24) is 20.2 Å². The number of ether oxygens (including phenoxy) is 1. The predicted molar refractivity (Wildman–Crippen MR) is 64.9 cm³/mol. The number of hydrogen-bond donors (Lipinski definition) is 2. The van der Waals surface area contributed by atoms with E-state index in [1.54, 1.807) is 6.33 Å². The third kappa shape index (κ3) is 2.02. The minimum Gasteiger partial charge on any atom is -0.377 e. The molecule has 2 atom stereocenters. The first kappa shape index (κ1) is 11.7. The maximum Gasteiger partial charge on any atom is 0.240 e. The fraction of sp³-hybridized carbons (Fsp3) is 0.667. The number of imidazole rings is 1. The van der Waals surface area contributed by atoms with Crippen molar-refractivity contribution in [3.05, 3.63) is 17.7 Å². The molecule has 1 amide bonds. The van der Waals surface area contributed by atoms with Crippen LogP contribution in [0.3, 0.4) is 0 Å². The van der Waals surface area contributed by atoms with E-state index in [2.05, 4.69) is 15.3 Å². The van der Waals surface area contributed by atoms with Crippen molar-refractivity contribution in [2.75, 3.05) is 19.8 Å². The zero-order valence-corrected chi connectivity index (χ0v) is 10.5. The van der Waals surface area contributed by atoms with Crippen LogP contribution in [0, 0.1) is 0 Å². The quantitative estimate of drug-likeness (QED) is 0.716. The van der Waals surface area contributed by atoms with Crippen LogP contribution in [-0.4, -0.2) is 52.6 Å². The van der Waals surface area contributed by atoms with Gasteiger partial charge < -0.3 is 14.6 Å². The SMILES string of the molecule is C[C@@H]1COCCN1C(=O)C1Cc2nc[nH]c2CN1. The highest BCUT2D eigenvalue weighted by atomic mass is 16.5. The van der Waals surface area contributed by atoms with Crippen LogP contribution in [0.15, 0.2) is 6.33 Å². The van der Waals surface area contributed by atoms with Gasteiger partial charge in [0, 0.05) is 19.5 Å². The Morgan fingerprint density at radius 3 is 3.33 bits per heavy atom. The van der Waals surface area contributed by atoms with Gasteiger partial charge in [-0.25, -0.2) is 4.98 Å². The molecule has 0 aromatic carbocycles. The van der Waals surface area contributed by atoms with Gasteiger partial charge in [0.2, 0.25) is 5.91 Å². The highest BCUT2D eigenvalue weighted by Gasteiger charge is 2.32. The van der Waals surface area contributed by atoms with Crippen molar-refractivity contribution in [3.8, 4) is 0 Å². The van der Waals surface area contributed by atoms with Gasteiger partial charge in [0.05, 0.1) is 43.0 Å². The summed E-state index contributed by atoms with van der Waals surface area (Å²) in [5.74, 6) is 0.166. The standard InChI is InChI=1S/C12H18N4O2/c1-8-6-18-3-2-16(8)12(17)10-4-9-11(5-13-10)15-7-14-9/h7-8,10,13H,2-6H2,1H3,(H,14,15)/t8-,10?/m1/s1. The molecule has 2 aliphatic heterocycles. The molecule has 18 heavy (non-hydrogen) atoms. The second kappa shape index (κ2) is 4.70. The molecule has 3 rings (SSSR count). The van der Waals surface area contributed by atoms with Crippen molar-refractivity contribution >= 4 is 5.91 Å². The summed E-state index contributed by atoms with van der Waals surface area (Å²) < 4.78 is 5.36. The van der Waals surface area contributed by atoms with Gasteiger partial charge in [-0.05, 0) is 6.92 Å². The van der Waals surface area contributed by atoms with Crippen molar-refractivity contribution in [1.29, 1.82) is 0 Å². The van der Waals surface area contributed by atoms with Gasteiger partial charge in [-0.3, -0.25) is 10.1 Å². The molecule has 1 fully saturated rings. The van der Waals surface area contributed by atoms with E-state index in [4.69, 9.17) is 4.74 Å². The minimum atomic E-state index is -0.152. The van der Waals surface area contributed by atoms with E-state index < -0.39 is 0 Å². The molecule has 0 radical (unpaired) electrons. The monoisotopic (exact) mass is 250 g/mol. The number of rotatable bonds is 1. The van der Waals surface area contributed by atoms with Gasteiger partial charge in [-0.2, -0.15) is 0 Å². The number of fused-ring (bicyclic) bond motifs is 1. The molecular formula is C12H18N4O2. The summed E-state index contributed by atoms with van der Waals surface area (Å²) in [4.78, 5) is 21.7. The van der Waals surface area contributed by atoms with Crippen molar-refractivity contribution < 1.29 is 9.53 Å². The number of aromatic nitrogens is 2. The Balaban J connectivity index is 1.70. The van der Waals surface area contributed by atoms with Gasteiger partial charge >= 0.3 is 0 Å². The van der Waals surface area contributed by atoms with Crippen LogP contribution in [0.25, 0.3) is 0 Å². The number of hydrogen-bond acceptors (Lipinski definition) is 4. The highest BCUT2D eigenvalue weighted by molar-refractivity contribution is 5.82. The lowest BCUT2D eigenvalue weighted by molar-refractivity contribution is -0.141. The molecule has 0 saturated carbocycles. The van der Waals surface area contributed by atoms with E-state index in [0.717, 1.165) is 11.4 Å². The number of carbonyl (C=O) groups is 1. The third-order valence-corrected chi connectivity index (χ3v) is 3.68. The van der Waals surface area contributed by atoms with Gasteiger partial charge in [-0.15, -0.1) is 0 Å². The Hall–Kier alpha value is -1.40. The van der Waals surface area contributed by atoms with E-state index in [1.807, 2.05) is 11.8 Å². The van der Waals surface area contributed by atoms with Gasteiger partial charge in [0.25, 0.3) is 0 Å². The molecular weight excluding hydrogens is 232 g/mol. The molecule has 98 valence electrons. The Morgan fingerprint density at radius 2 is 2.50 bits per heavy atom. The largest absolute Gasteiger partial charge is 0.377 e. The average Bonchev–Trinajstić information content (AvgIpc) is 2.85. The second-order valence-electron chi connectivity index (χ2n) is 4.92. The molecule has 6 heteroatoms. The number of H-pyrrole nitrogens is 1. The Bertz CT molecular complexity index is 445. The first-order chi connectivity index (χ1) is 8.75. The van der Waals surface area contributed by atoms with E-state index in [0.29, 0.717) is 32.7 Å². The predicted octanol–water partition coefficient (Wildman–Crippen LogP) is -0.329. The number of carbonyl (C=O) groups excluding carboxylic acids is 1. The first-order valence-electron chi connectivity index (χ1n) is 6.38. The van der Waals surface area contributed by atoms with E-state index in [9.17, 15) is 4.79 Å². The van der Waals surface area contributed by atoms with Crippen molar-refractivity contribution in [2.24, 2.45) is 0 Å². The number of aromatic amines is 1. The smallest absolute Gasteiger partial charge is 0.240 e. The maximum absolute atomic E-state index is 12.5. The van der Waals surface area contributed by atoms with Crippen molar-refractivity contribution in [2.45, 2.75) is 32.0 Å². The zero-order chi connectivity index (χ0) is 12.5. The van der Waals surface area contributed by atoms with Crippen LogP contribution in [-0.2, 0) is 22.5 Å². The van der Waals surface area contributed by atoms with Crippen LogP contribution in [0.5, 0.6) is 0 Å². The number of amides is 1. The Labute approximate surface area is 106 Å². The second-order valence-corrected chi connectivity index (χ2v) is 4.92. The normalized spacial score (nSPS) is 27.9. The lowest BCUT2D eigenvalue weighted by atomic mass is 10.0. The first-order valence-corrected chi connectivity index (χ1v) is 6.38. The Kier molecular flexibility index (Phi) is 3.05. The lowest BCUT2D eigenvalue weighted by Crippen LogP contribution is -2.55. The zero-order valence-electron chi connectivity index (χ0n) is 10.5. The van der Waals surface area contributed by atoms with Crippen molar-refractivity contribution in [3.63, 3.8) is 0 Å². The fourth-order valence-corrected chi connectivity index (χ4v) is 2.60. The summed E-state index contributed by atoms with van der Waals surface area (Å²) in [5, 5.41) is 3.28. The van der Waals surface area contributed by atoms with Gasteiger partial charge in [0.1, 0.15) is 0 Å². The molecule has 1 aromatic rings. The van der Waals surface area contributed by atoms with E-state index in [1.165, 1.54) is 0 Å². The molecule has 6 nitrogen and oxygen atoms in total. The maximum atomic E-state index is 12.5. The molecule has 2 aliphatic rings. The number of nitrogens with zero attached hydrogens (tertiary/aromatic N) is 2. The van der Waals surface area contributed by atoms with Crippen LogP contribution in [0.1, 0.15) is 18.3 Å². The summed E-state index contributed by atoms with van der Waals surface area (Å²) in [6.07, 6.45) is 2.36. The summed E-state index contributed by atoms with van der Waals surface area (Å²) in [7, 11) is 0. The minimum absolute atomic E-state index is 0.152. The molecule has 3 heterocycles. The number of morpholine rings is 1. The summed E-state index contributed by atoms with van der Waals surface area (Å²) in [5.41, 5.74) is 2.10. The Morgan fingerprint density at radius 1 is 1.61 bits per heavy atom. The van der Waals surface area contributed by atoms with E-state index in [-0.39, 0.29) is 18.0 Å². The molecule has 1 saturated heterocycles. The average molecular weight is 250 g/mol. The molecule has 2 N–H and O–H groups in total. The van der Waals surface area contributed by atoms with Crippen LogP contribution in [0.4, 0.5) is 0 Å². The molecule has 1 aromatic heterocycles. The fourth-order valence-electron chi connectivity index (χ4n) is 2.60. The summed E-state index contributed by atoms with van der Waals surface area (Å²) >= 11 is 0. The van der Waals surface area contributed by atoms with E-state index >= 15 is 0 Å². The van der Waals surface area contributed by atoms with Crippen LogP contribution in [0.2, 0.25) is 0 Å².